The number of urea groups is 1. The van der Waals surface area contributed by atoms with Crippen molar-refractivity contribution in [2.45, 2.75) is 51.0 Å². The number of likely N-dealkylation sites (tertiary alicyclic amines) is 1. The molecule has 2 aliphatic rings. The van der Waals surface area contributed by atoms with E-state index in [4.69, 9.17) is 5.11 Å². The molecule has 3 rings (SSSR count). The third-order valence-corrected chi connectivity index (χ3v) is 5.39. The predicted octanol–water partition coefficient (Wildman–Crippen LogP) is 3.40. The Labute approximate surface area is 143 Å². The van der Waals surface area contributed by atoms with Gasteiger partial charge in [-0.3, -0.25) is 0 Å². The fourth-order valence-electron chi connectivity index (χ4n) is 4.00. The molecular formula is C19H27FN2O2. The van der Waals surface area contributed by atoms with Crippen molar-refractivity contribution >= 4 is 6.03 Å². The summed E-state index contributed by atoms with van der Waals surface area (Å²) in [6, 6.07) is 4.78. The van der Waals surface area contributed by atoms with Crippen LogP contribution in [0, 0.1) is 11.7 Å². The molecule has 1 aliphatic carbocycles. The molecule has 0 radical (unpaired) electrons. The first-order valence-corrected chi connectivity index (χ1v) is 9.12. The summed E-state index contributed by atoms with van der Waals surface area (Å²) in [7, 11) is 0. The number of hydrogen-bond acceptors (Lipinski definition) is 2. The molecule has 1 saturated heterocycles. The second kappa shape index (κ2) is 7.97. The second-order valence-electron chi connectivity index (χ2n) is 7.03. The van der Waals surface area contributed by atoms with Gasteiger partial charge in [0.1, 0.15) is 5.82 Å². The molecular weight excluding hydrogens is 307 g/mol. The zero-order valence-corrected chi connectivity index (χ0v) is 14.1. The number of rotatable bonds is 3. The van der Waals surface area contributed by atoms with Crippen LogP contribution in [-0.4, -0.2) is 35.7 Å². The van der Waals surface area contributed by atoms with E-state index in [1.54, 1.807) is 6.07 Å². The number of amides is 2. The van der Waals surface area contributed by atoms with Crippen molar-refractivity contribution in [1.82, 2.24) is 10.2 Å². The zero-order chi connectivity index (χ0) is 16.9. The number of fused-ring (bicyclic) bond motifs is 1. The molecule has 5 heteroatoms. The van der Waals surface area contributed by atoms with Crippen LogP contribution in [0.25, 0.3) is 0 Å². The molecule has 1 aromatic carbocycles. The van der Waals surface area contributed by atoms with Crippen molar-refractivity contribution in [2.75, 3.05) is 19.7 Å². The summed E-state index contributed by atoms with van der Waals surface area (Å²) >= 11 is 0. The summed E-state index contributed by atoms with van der Waals surface area (Å²) < 4.78 is 13.6. The standard InChI is InChI=1S/C19H27FN2O2/c20-16-7-6-15-4-1-5-18(17(15)13-16)21-19(24)22-10-2-3-14(8-11-22)9-12-23/h6-7,13-14,18,23H,1-5,8-12H2,(H,21,24)/t14?,18-/m0/s1. The lowest BCUT2D eigenvalue weighted by Gasteiger charge is -2.29. The van der Waals surface area contributed by atoms with Crippen molar-refractivity contribution in [3.63, 3.8) is 0 Å². The van der Waals surface area contributed by atoms with Gasteiger partial charge >= 0.3 is 6.03 Å². The molecule has 2 N–H and O–H groups in total. The highest BCUT2D eigenvalue weighted by Crippen LogP contribution is 2.30. The molecule has 2 atom stereocenters. The first-order valence-electron chi connectivity index (χ1n) is 9.12. The van der Waals surface area contributed by atoms with E-state index >= 15 is 0 Å². The van der Waals surface area contributed by atoms with Gasteiger partial charge in [0, 0.05) is 19.7 Å². The molecule has 1 fully saturated rings. The normalized spacial score (nSPS) is 24.2. The Bertz CT molecular complexity index is 578. The Kier molecular flexibility index (Phi) is 5.72. The van der Waals surface area contributed by atoms with E-state index in [1.165, 1.54) is 6.07 Å². The highest BCUT2D eigenvalue weighted by molar-refractivity contribution is 5.75. The van der Waals surface area contributed by atoms with Gasteiger partial charge in [0.05, 0.1) is 6.04 Å². The molecule has 24 heavy (non-hydrogen) atoms. The van der Waals surface area contributed by atoms with Crippen LogP contribution in [0.4, 0.5) is 9.18 Å². The Morgan fingerprint density at radius 1 is 1.25 bits per heavy atom. The molecule has 1 aliphatic heterocycles. The molecule has 0 spiro atoms. The van der Waals surface area contributed by atoms with Gasteiger partial charge in [-0.1, -0.05) is 6.07 Å². The molecule has 1 heterocycles. The number of aliphatic hydroxyl groups excluding tert-OH is 1. The van der Waals surface area contributed by atoms with Crippen LogP contribution in [0.3, 0.4) is 0 Å². The van der Waals surface area contributed by atoms with Gasteiger partial charge in [-0.15, -0.1) is 0 Å². The largest absolute Gasteiger partial charge is 0.396 e. The predicted molar refractivity (Wildman–Crippen MR) is 91.2 cm³/mol. The van der Waals surface area contributed by atoms with Crippen molar-refractivity contribution < 1.29 is 14.3 Å². The van der Waals surface area contributed by atoms with Gasteiger partial charge < -0.3 is 15.3 Å². The number of nitrogens with one attached hydrogen (secondary N) is 1. The van der Waals surface area contributed by atoms with Crippen molar-refractivity contribution in [3.8, 4) is 0 Å². The molecule has 132 valence electrons. The van der Waals surface area contributed by atoms with Crippen molar-refractivity contribution in [3.05, 3.63) is 35.1 Å². The topological polar surface area (TPSA) is 52.6 Å². The van der Waals surface area contributed by atoms with E-state index < -0.39 is 0 Å². The number of hydrogen-bond donors (Lipinski definition) is 2. The minimum absolute atomic E-state index is 0.0400. The third-order valence-electron chi connectivity index (χ3n) is 5.39. The maximum absolute atomic E-state index is 13.6. The smallest absolute Gasteiger partial charge is 0.317 e. The first-order chi connectivity index (χ1) is 11.7. The zero-order valence-electron chi connectivity index (χ0n) is 14.1. The Balaban J connectivity index is 1.62. The molecule has 0 bridgehead atoms. The Hall–Kier alpha value is -1.62. The number of aryl methyl sites for hydroxylation is 1. The molecule has 0 aromatic heterocycles. The summed E-state index contributed by atoms with van der Waals surface area (Å²) in [6.07, 6.45) is 6.66. The first kappa shape index (κ1) is 17.2. The minimum atomic E-state index is -0.239. The van der Waals surface area contributed by atoms with Crippen molar-refractivity contribution in [1.29, 1.82) is 0 Å². The summed E-state index contributed by atoms with van der Waals surface area (Å²) in [4.78, 5) is 14.5. The van der Waals surface area contributed by atoms with E-state index in [0.717, 1.165) is 69.2 Å². The second-order valence-corrected chi connectivity index (χ2v) is 7.03. The van der Waals surface area contributed by atoms with Gasteiger partial charge in [0.2, 0.25) is 0 Å². The van der Waals surface area contributed by atoms with E-state index in [2.05, 4.69) is 5.32 Å². The lowest BCUT2D eigenvalue weighted by atomic mass is 9.87. The van der Waals surface area contributed by atoms with Crippen molar-refractivity contribution in [2.24, 2.45) is 5.92 Å². The number of nitrogens with zero attached hydrogens (tertiary/aromatic N) is 1. The van der Waals surface area contributed by atoms with E-state index in [1.807, 2.05) is 11.0 Å². The van der Waals surface area contributed by atoms with Gasteiger partial charge in [-0.05, 0) is 74.1 Å². The molecule has 2 amide bonds. The summed E-state index contributed by atoms with van der Waals surface area (Å²) in [5.74, 6) is 0.272. The summed E-state index contributed by atoms with van der Waals surface area (Å²) in [5.41, 5.74) is 2.08. The summed E-state index contributed by atoms with van der Waals surface area (Å²) in [5, 5.41) is 12.2. The van der Waals surface area contributed by atoms with Crippen LogP contribution in [0.5, 0.6) is 0 Å². The fourth-order valence-corrected chi connectivity index (χ4v) is 4.00. The highest BCUT2D eigenvalue weighted by Gasteiger charge is 2.26. The summed E-state index contributed by atoms with van der Waals surface area (Å²) in [6.45, 7) is 1.72. The molecule has 4 nitrogen and oxygen atoms in total. The van der Waals surface area contributed by atoms with Crippen LogP contribution in [0.15, 0.2) is 18.2 Å². The highest BCUT2D eigenvalue weighted by atomic mass is 19.1. The van der Waals surface area contributed by atoms with E-state index in [-0.39, 0.29) is 24.5 Å². The minimum Gasteiger partial charge on any atom is -0.396 e. The molecule has 1 aromatic rings. The van der Waals surface area contributed by atoms with Crippen LogP contribution in [0.2, 0.25) is 0 Å². The quantitative estimate of drug-likeness (QED) is 0.890. The lowest BCUT2D eigenvalue weighted by molar-refractivity contribution is 0.192. The van der Waals surface area contributed by atoms with Gasteiger partial charge in [0.15, 0.2) is 0 Å². The Morgan fingerprint density at radius 2 is 2.12 bits per heavy atom. The number of aliphatic hydroxyl groups is 1. The number of carbonyl (C=O) groups is 1. The van der Waals surface area contributed by atoms with Crippen LogP contribution >= 0.6 is 0 Å². The third kappa shape index (κ3) is 4.07. The Morgan fingerprint density at radius 3 is 2.96 bits per heavy atom. The maximum Gasteiger partial charge on any atom is 0.317 e. The SMILES string of the molecule is O=C(N[C@H]1CCCc2ccc(F)cc21)N1CCCC(CCO)CC1. The van der Waals surface area contributed by atoms with Crippen LogP contribution in [-0.2, 0) is 6.42 Å². The van der Waals surface area contributed by atoms with Crippen LogP contribution < -0.4 is 5.32 Å². The average Bonchev–Trinajstić information content (AvgIpc) is 2.81. The fraction of sp³-hybridized carbons (Fsp3) is 0.632. The maximum atomic E-state index is 13.6. The van der Waals surface area contributed by atoms with E-state index in [0.29, 0.717) is 5.92 Å². The number of carbonyl (C=O) groups excluding carboxylic acids is 1. The lowest BCUT2D eigenvalue weighted by Crippen LogP contribution is -2.43. The molecule has 1 unspecified atom stereocenters. The van der Waals surface area contributed by atoms with Gasteiger partial charge in [0.25, 0.3) is 0 Å². The van der Waals surface area contributed by atoms with Gasteiger partial charge in [-0.25, -0.2) is 9.18 Å². The average molecular weight is 334 g/mol. The van der Waals surface area contributed by atoms with Crippen LogP contribution in [0.1, 0.15) is 55.7 Å². The molecule has 0 saturated carbocycles. The monoisotopic (exact) mass is 334 g/mol. The number of benzene rings is 1. The van der Waals surface area contributed by atoms with E-state index in [9.17, 15) is 9.18 Å². The van der Waals surface area contributed by atoms with Gasteiger partial charge in [-0.2, -0.15) is 0 Å². The number of halogens is 1.